The molecule has 0 saturated carbocycles. The van der Waals surface area contributed by atoms with Crippen LogP contribution in [-0.2, 0) is 26.1 Å². The first kappa shape index (κ1) is 21.5. The number of amides is 1. The minimum atomic E-state index is -1.23. The van der Waals surface area contributed by atoms with Crippen molar-refractivity contribution < 1.29 is 24.2 Å². The molecule has 2 aliphatic rings. The van der Waals surface area contributed by atoms with Crippen molar-refractivity contribution in [3.8, 4) is 5.75 Å². The molecule has 0 radical (unpaired) electrons. The number of aliphatic imine (C=N–C) groups is 1. The van der Waals surface area contributed by atoms with E-state index in [9.17, 15) is 14.7 Å². The number of aromatic hydroxyl groups is 1. The summed E-state index contributed by atoms with van der Waals surface area (Å²) in [7, 11) is 3.12. The molecule has 166 valence electrons. The topological polar surface area (TPSA) is 114 Å². The molecule has 31 heavy (non-hydrogen) atoms. The molecular formula is C21H25ClN4O5. The van der Waals surface area contributed by atoms with Crippen LogP contribution in [0.25, 0.3) is 10.9 Å². The van der Waals surface area contributed by atoms with Crippen LogP contribution in [-0.4, -0.2) is 65.3 Å². The normalized spacial score (nSPS) is 24.0. The number of hydrogen-bond acceptors (Lipinski definition) is 7. The molecule has 1 aromatic carbocycles. The van der Waals surface area contributed by atoms with Crippen LogP contribution in [0.5, 0.6) is 5.75 Å². The Bertz CT molecular complexity index is 1080. The van der Waals surface area contributed by atoms with Gasteiger partial charge in [-0.15, -0.1) is 0 Å². The van der Waals surface area contributed by atoms with Crippen LogP contribution < -0.4 is 10.6 Å². The summed E-state index contributed by atoms with van der Waals surface area (Å²) >= 11 is 6.06. The number of halogens is 1. The first-order chi connectivity index (χ1) is 14.7. The lowest BCUT2D eigenvalue weighted by molar-refractivity contribution is -0.146. The molecule has 10 heteroatoms. The average Bonchev–Trinajstić information content (AvgIpc) is 3.46. The number of methoxy groups -OCH3 is 1. The number of phenolic OH excluding ortho intramolecular Hbond substituents is 1. The Morgan fingerprint density at radius 1 is 1.48 bits per heavy atom. The molecule has 9 nitrogen and oxygen atoms in total. The summed E-state index contributed by atoms with van der Waals surface area (Å²) in [6.07, 6.45) is 3.45. The Morgan fingerprint density at radius 3 is 2.94 bits per heavy atom. The number of benzene rings is 1. The second-order valence-corrected chi connectivity index (χ2v) is 8.57. The number of carbonyl (C=O) groups is 2. The number of carbonyl (C=O) groups excluding carboxylic acids is 2. The van der Waals surface area contributed by atoms with E-state index in [1.165, 1.54) is 13.2 Å². The fourth-order valence-electron chi connectivity index (χ4n) is 4.12. The Morgan fingerprint density at radius 2 is 2.26 bits per heavy atom. The number of fused-ring (bicyclic) bond motifs is 1. The highest BCUT2D eigenvalue weighted by Gasteiger charge is 2.43. The van der Waals surface area contributed by atoms with Gasteiger partial charge in [-0.2, -0.15) is 0 Å². The van der Waals surface area contributed by atoms with Crippen LogP contribution in [0.15, 0.2) is 23.3 Å². The van der Waals surface area contributed by atoms with Crippen molar-refractivity contribution in [3.63, 3.8) is 0 Å². The zero-order valence-electron chi connectivity index (χ0n) is 17.6. The monoisotopic (exact) mass is 448 g/mol. The van der Waals surface area contributed by atoms with E-state index in [1.54, 1.807) is 23.8 Å². The second kappa shape index (κ2) is 8.05. The lowest BCUT2D eigenvalue weighted by Gasteiger charge is -2.26. The fraction of sp³-hybridized carbons (Fsp3) is 0.476. The Labute approximate surface area is 184 Å². The van der Waals surface area contributed by atoms with Crippen molar-refractivity contribution in [2.45, 2.75) is 37.4 Å². The third kappa shape index (κ3) is 3.83. The van der Waals surface area contributed by atoms with Gasteiger partial charge in [0.25, 0.3) is 5.91 Å². The summed E-state index contributed by atoms with van der Waals surface area (Å²) in [4.78, 5) is 29.9. The van der Waals surface area contributed by atoms with Gasteiger partial charge in [-0.25, -0.2) is 9.79 Å². The van der Waals surface area contributed by atoms with Crippen molar-refractivity contribution in [1.29, 1.82) is 0 Å². The Hall–Kier alpha value is -2.78. The maximum Gasteiger partial charge on any atom is 0.330 e. The molecule has 3 atom stereocenters. The van der Waals surface area contributed by atoms with Crippen LogP contribution in [0.4, 0.5) is 0 Å². The third-order valence-electron chi connectivity index (χ3n) is 5.83. The number of esters is 1. The van der Waals surface area contributed by atoms with E-state index < -0.39 is 23.5 Å². The number of rotatable bonds is 5. The number of ether oxygens (including phenoxy) is 2. The van der Waals surface area contributed by atoms with Crippen molar-refractivity contribution in [1.82, 2.24) is 15.2 Å². The molecular weight excluding hydrogens is 424 g/mol. The van der Waals surface area contributed by atoms with E-state index in [0.717, 1.165) is 19.4 Å². The lowest BCUT2D eigenvalue weighted by Crippen LogP contribution is -2.57. The highest BCUT2D eigenvalue weighted by Crippen LogP contribution is 2.35. The molecule has 1 amide bonds. The summed E-state index contributed by atoms with van der Waals surface area (Å²) in [6, 6.07) is 2.19. The van der Waals surface area contributed by atoms with E-state index in [2.05, 4.69) is 15.6 Å². The average molecular weight is 449 g/mol. The molecule has 0 aliphatic carbocycles. The molecule has 3 N–H and O–H groups in total. The number of aromatic nitrogens is 1. The summed E-state index contributed by atoms with van der Waals surface area (Å²) in [6.45, 7) is 2.43. The van der Waals surface area contributed by atoms with Crippen molar-refractivity contribution in [2.75, 3.05) is 20.3 Å². The minimum absolute atomic E-state index is 0.000479. The molecule has 1 fully saturated rings. The van der Waals surface area contributed by atoms with E-state index in [1.807, 2.05) is 7.05 Å². The van der Waals surface area contributed by atoms with Gasteiger partial charge in [0.05, 0.1) is 23.6 Å². The molecule has 4 rings (SSSR count). The zero-order chi connectivity index (χ0) is 22.3. The molecule has 0 bridgehead atoms. The lowest BCUT2D eigenvalue weighted by atomic mass is 10.0. The summed E-state index contributed by atoms with van der Waals surface area (Å²) in [5, 5.41) is 17.4. The molecule has 2 aliphatic heterocycles. The van der Waals surface area contributed by atoms with Crippen molar-refractivity contribution >= 4 is 40.3 Å². The number of aryl methyl sites for hydroxylation is 1. The summed E-state index contributed by atoms with van der Waals surface area (Å²) in [5.41, 5.74) is 0.0392. The van der Waals surface area contributed by atoms with Gasteiger partial charge in [0.15, 0.2) is 5.54 Å². The van der Waals surface area contributed by atoms with Crippen LogP contribution in [0, 0.1) is 0 Å². The summed E-state index contributed by atoms with van der Waals surface area (Å²) < 4.78 is 12.5. The smallest absolute Gasteiger partial charge is 0.330 e. The van der Waals surface area contributed by atoms with Crippen LogP contribution in [0.2, 0.25) is 5.02 Å². The number of nitrogens with zero attached hydrogens (tertiary/aromatic N) is 2. The Balaban J connectivity index is 1.63. The number of hydrogen-bond donors (Lipinski definition) is 3. The quantitative estimate of drug-likeness (QED) is 0.597. The first-order valence-electron chi connectivity index (χ1n) is 10.1. The van der Waals surface area contributed by atoms with Gasteiger partial charge in [0, 0.05) is 24.3 Å². The van der Waals surface area contributed by atoms with E-state index >= 15 is 0 Å². The van der Waals surface area contributed by atoms with Crippen molar-refractivity contribution in [3.05, 3.63) is 28.9 Å². The molecule has 3 heterocycles. The first-order valence-corrected chi connectivity index (χ1v) is 10.4. The number of phenols is 1. The van der Waals surface area contributed by atoms with Gasteiger partial charge in [0.1, 0.15) is 18.4 Å². The van der Waals surface area contributed by atoms with E-state index in [4.69, 9.17) is 21.1 Å². The van der Waals surface area contributed by atoms with Gasteiger partial charge in [-0.05, 0) is 38.4 Å². The Kier molecular flexibility index (Phi) is 5.57. The van der Waals surface area contributed by atoms with E-state index in [0.29, 0.717) is 21.5 Å². The van der Waals surface area contributed by atoms with E-state index in [-0.39, 0.29) is 24.3 Å². The largest absolute Gasteiger partial charge is 0.507 e. The zero-order valence-corrected chi connectivity index (χ0v) is 18.3. The standard InChI is InChI=1S/C21H25ClN4O5/c1-21(20(29)24-17(19(28)30-3)13-5-4-6-23-13)10-31-18(25-21)12-9-26(2)14-7-11(22)8-15(27)16(12)14/h7-9,13,17,23,27H,4-6,10H2,1-3H3,(H,24,29)/t13-,17+,21+/m1/s1. The van der Waals surface area contributed by atoms with Gasteiger partial charge in [0.2, 0.25) is 5.90 Å². The fourth-order valence-corrected chi connectivity index (χ4v) is 4.32. The minimum Gasteiger partial charge on any atom is -0.507 e. The predicted molar refractivity (Wildman–Crippen MR) is 115 cm³/mol. The molecule has 1 saturated heterocycles. The summed E-state index contributed by atoms with van der Waals surface area (Å²) in [5.74, 6) is -0.690. The van der Waals surface area contributed by atoms with Crippen LogP contribution in [0.1, 0.15) is 25.3 Å². The third-order valence-corrected chi connectivity index (χ3v) is 6.05. The molecule has 0 unspecified atom stereocenters. The van der Waals surface area contributed by atoms with Crippen LogP contribution in [0.3, 0.4) is 0 Å². The second-order valence-electron chi connectivity index (χ2n) is 8.13. The maximum atomic E-state index is 13.1. The van der Waals surface area contributed by atoms with Gasteiger partial charge in [-0.3, -0.25) is 4.79 Å². The number of nitrogens with one attached hydrogen (secondary N) is 2. The molecule has 0 spiro atoms. The molecule has 2 aromatic rings. The highest BCUT2D eigenvalue weighted by atomic mass is 35.5. The van der Waals surface area contributed by atoms with Gasteiger partial charge < -0.3 is 29.8 Å². The SMILES string of the molecule is COC(=O)[C@@H](NC(=O)[C@]1(C)COC(c2cn(C)c3cc(Cl)cc(O)c23)=N1)[C@H]1CCCN1. The maximum absolute atomic E-state index is 13.1. The van der Waals surface area contributed by atoms with Crippen molar-refractivity contribution in [2.24, 2.45) is 12.0 Å². The van der Waals surface area contributed by atoms with Gasteiger partial charge >= 0.3 is 5.97 Å². The molecule has 1 aromatic heterocycles. The van der Waals surface area contributed by atoms with Crippen LogP contribution >= 0.6 is 11.6 Å². The van der Waals surface area contributed by atoms with Gasteiger partial charge in [-0.1, -0.05) is 11.6 Å². The highest BCUT2D eigenvalue weighted by molar-refractivity contribution is 6.31. The predicted octanol–water partition coefficient (Wildman–Crippen LogP) is 1.48.